The van der Waals surface area contributed by atoms with E-state index in [-0.39, 0.29) is 12.5 Å². The number of benzene rings is 2. The third-order valence-corrected chi connectivity index (χ3v) is 5.44. The Kier molecular flexibility index (Phi) is 6.47. The zero-order valence-corrected chi connectivity index (χ0v) is 17.0. The van der Waals surface area contributed by atoms with Crippen LogP contribution in [0.4, 0.5) is 0 Å². The Balaban J connectivity index is 1.65. The van der Waals surface area contributed by atoms with Gasteiger partial charge in [-0.1, -0.05) is 29.8 Å². The van der Waals surface area contributed by atoms with Crippen LogP contribution in [0.5, 0.6) is 11.5 Å². The van der Waals surface area contributed by atoms with Crippen molar-refractivity contribution in [2.24, 2.45) is 0 Å². The van der Waals surface area contributed by atoms with E-state index in [0.29, 0.717) is 54.4 Å². The number of amides is 1. The minimum absolute atomic E-state index is 0.0793. The maximum Gasteiger partial charge on any atom is 0.257 e. The van der Waals surface area contributed by atoms with Crippen molar-refractivity contribution < 1.29 is 19.4 Å². The number of nitrogens with zero attached hydrogens (tertiary/aromatic N) is 1. The highest BCUT2D eigenvalue weighted by molar-refractivity contribution is 6.32. The molecule has 6 heteroatoms. The topological polar surface area (TPSA) is 59.0 Å². The molecule has 1 aliphatic heterocycles. The van der Waals surface area contributed by atoms with Gasteiger partial charge in [-0.05, 0) is 56.0 Å². The molecule has 1 aliphatic rings. The zero-order valence-electron chi connectivity index (χ0n) is 16.3. The van der Waals surface area contributed by atoms with E-state index >= 15 is 0 Å². The molecule has 1 N–H and O–H groups in total. The lowest BCUT2D eigenvalue weighted by Crippen LogP contribution is -2.38. The molecule has 1 saturated heterocycles. The minimum Gasteiger partial charge on any atom is -0.496 e. The molecule has 2 aromatic rings. The first-order valence-electron chi connectivity index (χ1n) is 9.45. The number of aryl methyl sites for hydroxylation is 1. The summed E-state index contributed by atoms with van der Waals surface area (Å²) in [5, 5.41) is 11.5. The molecular formula is C22H26ClNO4. The number of para-hydroxylation sites is 1. The van der Waals surface area contributed by atoms with Crippen LogP contribution in [0.15, 0.2) is 42.5 Å². The number of methoxy groups -OCH3 is 1. The van der Waals surface area contributed by atoms with Crippen molar-refractivity contribution in [1.29, 1.82) is 0 Å². The number of aliphatic hydroxyl groups is 1. The molecule has 0 aliphatic carbocycles. The molecule has 1 unspecified atom stereocenters. The van der Waals surface area contributed by atoms with E-state index < -0.39 is 5.60 Å². The predicted molar refractivity (Wildman–Crippen MR) is 109 cm³/mol. The van der Waals surface area contributed by atoms with Gasteiger partial charge in [0.05, 0.1) is 17.7 Å². The van der Waals surface area contributed by atoms with Crippen molar-refractivity contribution in [1.82, 2.24) is 4.90 Å². The van der Waals surface area contributed by atoms with Crippen molar-refractivity contribution in [3.63, 3.8) is 0 Å². The molecule has 0 bridgehead atoms. The van der Waals surface area contributed by atoms with Gasteiger partial charge >= 0.3 is 0 Å². The number of hydrogen-bond donors (Lipinski definition) is 1. The van der Waals surface area contributed by atoms with Gasteiger partial charge in [0.15, 0.2) is 0 Å². The van der Waals surface area contributed by atoms with Crippen LogP contribution < -0.4 is 9.47 Å². The molecule has 1 atom stereocenters. The van der Waals surface area contributed by atoms with E-state index in [4.69, 9.17) is 21.1 Å². The smallest absolute Gasteiger partial charge is 0.257 e. The highest BCUT2D eigenvalue weighted by Gasteiger charge is 2.33. The second-order valence-electron chi connectivity index (χ2n) is 7.29. The Hall–Kier alpha value is -2.24. The molecule has 0 aromatic heterocycles. The van der Waals surface area contributed by atoms with E-state index in [1.165, 1.54) is 0 Å². The van der Waals surface area contributed by atoms with Crippen molar-refractivity contribution in [3.05, 3.63) is 58.6 Å². The number of carbonyl (C=O) groups is 1. The van der Waals surface area contributed by atoms with Crippen molar-refractivity contribution in [2.45, 2.75) is 31.8 Å². The van der Waals surface area contributed by atoms with E-state index in [0.717, 1.165) is 5.56 Å². The van der Waals surface area contributed by atoms with Crippen LogP contribution >= 0.6 is 11.6 Å². The second-order valence-corrected chi connectivity index (χ2v) is 7.70. The highest BCUT2D eigenvalue weighted by Crippen LogP contribution is 2.29. The van der Waals surface area contributed by atoms with Gasteiger partial charge in [0.1, 0.15) is 23.7 Å². The number of carbonyl (C=O) groups excluding carboxylic acids is 1. The van der Waals surface area contributed by atoms with Crippen molar-refractivity contribution >= 4 is 17.5 Å². The summed E-state index contributed by atoms with van der Waals surface area (Å²) in [4.78, 5) is 14.7. The largest absolute Gasteiger partial charge is 0.496 e. The van der Waals surface area contributed by atoms with Crippen LogP contribution in [0, 0.1) is 6.92 Å². The molecule has 2 aromatic carbocycles. The van der Waals surface area contributed by atoms with Crippen LogP contribution in [0.3, 0.4) is 0 Å². The van der Waals surface area contributed by atoms with E-state index in [1.54, 1.807) is 30.2 Å². The Bertz CT molecular complexity index is 841. The Labute approximate surface area is 170 Å². The molecule has 1 heterocycles. The van der Waals surface area contributed by atoms with Crippen molar-refractivity contribution in [2.75, 3.05) is 26.8 Å². The fourth-order valence-electron chi connectivity index (χ4n) is 3.45. The third-order valence-electron chi connectivity index (χ3n) is 5.12. The lowest BCUT2D eigenvalue weighted by Gasteiger charge is -2.27. The maximum atomic E-state index is 12.9. The first-order valence-corrected chi connectivity index (χ1v) is 9.83. The Morgan fingerprint density at radius 3 is 2.75 bits per heavy atom. The number of halogens is 1. The highest BCUT2D eigenvalue weighted by atomic mass is 35.5. The fraction of sp³-hybridized carbons (Fsp3) is 0.409. The first-order chi connectivity index (χ1) is 13.4. The zero-order chi connectivity index (χ0) is 20.1. The molecule has 0 spiro atoms. The number of hydrogen-bond acceptors (Lipinski definition) is 4. The van der Waals surface area contributed by atoms with Gasteiger partial charge in [-0.25, -0.2) is 0 Å². The number of ether oxygens (including phenoxy) is 2. The summed E-state index contributed by atoms with van der Waals surface area (Å²) in [7, 11) is 1.56. The van der Waals surface area contributed by atoms with Gasteiger partial charge in [-0.3, -0.25) is 4.79 Å². The van der Waals surface area contributed by atoms with E-state index in [1.807, 2.05) is 31.2 Å². The average Bonchev–Trinajstić information content (AvgIpc) is 2.90. The number of likely N-dealkylation sites (tertiary alicyclic amines) is 1. The lowest BCUT2D eigenvalue weighted by atomic mass is 9.96. The molecular weight excluding hydrogens is 378 g/mol. The predicted octanol–water partition coefficient (Wildman–Crippen LogP) is 4.09. The van der Waals surface area contributed by atoms with Gasteiger partial charge in [0.25, 0.3) is 5.91 Å². The summed E-state index contributed by atoms with van der Waals surface area (Å²) >= 11 is 6.18. The third kappa shape index (κ3) is 4.78. The molecule has 0 radical (unpaired) electrons. The first kappa shape index (κ1) is 20.5. The fourth-order valence-corrected chi connectivity index (χ4v) is 3.62. The van der Waals surface area contributed by atoms with Crippen LogP contribution in [-0.2, 0) is 0 Å². The lowest BCUT2D eigenvalue weighted by molar-refractivity contribution is -0.0163. The molecule has 28 heavy (non-hydrogen) atoms. The normalized spacial score (nSPS) is 19.8. The summed E-state index contributed by atoms with van der Waals surface area (Å²) in [6, 6.07) is 12.8. The van der Waals surface area contributed by atoms with Crippen molar-refractivity contribution in [3.8, 4) is 11.5 Å². The molecule has 3 rings (SSSR count). The summed E-state index contributed by atoms with van der Waals surface area (Å²) in [6.45, 7) is 3.15. The minimum atomic E-state index is -0.997. The molecule has 5 nitrogen and oxygen atoms in total. The average molecular weight is 404 g/mol. The Morgan fingerprint density at radius 2 is 1.96 bits per heavy atom. The quantitative estimate of drug-likeness (QED) is 0.816. The standard InChI is InChI=1S/C22H26ClNO4/c1-16-8-9-18(23)20(14-16)28-15-22(26)10-5-12-24(13-11-22)21(25)17-6-3-4-7-19(17)27-2/h3-4,6-9,14,26H,5,10-13,15H2,1-2H3. The molecule has 1 fully saturated rings. The maximum absolute atomic E-state index is 12.9. The monoisotopic (exact) mass is 403 g/mol. The van der Waals surface area contributed by atoms with Crippen LogP contribution in [0.2, 0.25) is 5.02 Å². The van der Waals surface area contributed by atoms with Crippen LogP contribution in [0.25, 0.3) is 0 Å². The number of rotatable bonds is 5. The van der Waals surface area contributed by atoms with E-state index in [2.05, 4.69) is 0 Å². The summed E-state index contributed by atoms with van der Waals surface area (Å²) < 4.78 is 11.1. The van der Waals surface area contributed by atoms with Crippen LogP contribution in [0.1, 0.15) is 35.2 Å². The molecule has 0 saturated carbocycles. The van der Waals surface area contributed by atoms with Crippen LogP contribution in [-0.4, -0.2) is 48.3 Å². The van der Waals surface area contributed by atoms with Gasteiger partial charge in [0, 0.05) is 13.1 Å². The molecule has 150 valence electrons. The van der Waals surface area contributed by atoms with Gasteiger partial charge < -0.3 is 19.5 Å². The second kappa shape index (κ2) is 8.84. The van der Waals surface area contributed by atoms with Gasteiger partial charge in [-0.2, -0.15) is 0 Å². The van der Waals surface area contributed by atoms with E-state index in [9.17, 15) is 9.90 Å². The van der Waals surface area contributed by atoms with Gasteiger partial charge in [-0.15, -0.1) is 0 Å². The summed E-state index contributed by atoms with van der Waals surface area (Å²) in [5.41, 5.74) is 0.585. The van der Waals surface area contributed by atoms with Gasteiger partial charge in [0.2, 0.25) is 0 Å². The SMILES string of the molecule is COc1ccccc1C(=O)N1CCCC(O)(COc2cc(C)ccc2Cl)CC1. The molecule has 1 amide bonds. The Morgan fingerprint density at radius 1 is 1.18 bits per heavy atom. The summed E-state index contributed by atoms with van der Waals surface area (Å²) in [6.07, 6.45) is 1.70. The summed E-state index contributed by atoms with van der Waals surface area (Å²) in [5.74, 6) is 1.05.